The molecule has 2 fully saturated rings. The van der Waals surface area contributed by atoms with E-state index in [0.717, 1.165) is 0 Å². The Balaban J connectivity index is 1.92. The quantitative estimate of drug-likeness (QED) is 0.162. The number of fused-ring (bicyclic) bond motifs is 3. The van der Waals surface area contributed by atoms with E-state index >= 15 is 0 Å². The van der Waals surface area contributed by atoms with E-state index in [4.69, 9.17) is 13.9 Å². The molecule has 7 heteroatoms. The second kappa shape index (κ2) is 9.94. The zero-order valence-corrected chi connectivity index (χ0v) is 26.5. The van der Waals surface area contributed by atoms with Crippen molar-refractivity contribution in [2.75, 3.05) is 0 Å². The van der Waals surface area contributed by atoms with E-state index in [0.29, 0.717) is 19.3 Å². The van der Waals surface area contributed by atoms with Crippen molar-refractivity contribution in [3.63, 3.8) is 0 Å². The largest absolute Gasteiger partial charge is 0.519 e. The van der Waals surface area contributed by atoms with Crippen LogP contribution >= 0.6 is 0 Å². The Hall–Kier alpha value is -1.89. The van der Waals surface area contributed by atoms with Crippen LogP contribution in [-0.4, -0.2) is 37.4 Å². The lowest BCUT2D eigenvalue weighted by Crippen LogP contribution is -2.45. The van der Waals surface area contributed by atoms with Gasteiger partial charge < -0.3 is 13.9 Å². The fourth-order valence-corrected chi connectivity index (χ4v) is 7.22. The van der Waals surface area contributed by atoms with Gasteiger partial charge in [0.25, 0.3) is 14.3 Å². The highest BCUT2D eigenvalue weighted by molar-refractivity contribution is 6.75. The van der Waals surface area contributed by atoms with Crippen molar-refractivity contribution in [2.24, 2.45) is 40.9 Å². The van der Waals surface area contributed by atoms with Gasteiger partial charge in [-0.2, -0.15) is 0 Å². The summed E-state index contributed by atoms with van der Waals surface area (Å²) in [5.74, 6) is -1.09. The van der Waals surface area contributed by atoms with Crippen LogP contribution in [0.3, 0.4) is 0 Å². The minimum absolute atomic E-state index is 0.0347. The van der Waals surface area contributed by atoms with Crippen molar-refractivity contribution in [1.29, 1.82) is 0 Å². The first kappa shape index (κ1) is 30.6. The van der Waals surface area contributed by atoms with Gasteiger partial charge in [0.05, 0.1) is 5.92 Å². The lowest BCUT2D eigenvalue weighted by molar-refractivity contribution is -0.185. The molecule has 38 heavy (non-hydrogen) atoms. The summed E-state index contributed by atoms with van der Waals surface area (Å²) in [5, 5.41) is -0.0748. The van der Waals surface area contributed by atoms with E-state index in [1.165, 1.54) is 0 Å². The van der Waals surface area contributed by atoms with Gasteiger partial charge >= 0.3 is 11.9 Å². The monoisotopic (exact) mass is 546 g/mol. The smallest absolute Gasteiger partial charge is 0.324 e. The van der Waals surface area contributed by atoms with Crippen LogP contribution in [0.15, 0.2) is 24.8 Å². The Kier molecular flexibility index (Phi) is 8.01. The van der Waals surface area contributed by atoms with Crippen LogP contribution in [0, 0.1) is 40.9 Å². The van der Waals surface area contributed by atoms with E-state index in [-0.39, 0.29) is 46.5 Å². The van der Waals surface area contributed by atoms with Crippen molar-refractivity contribution < 1.29 is 28.3 Å². The predicted molar refractivity (Wildman–Crippen MR) is 152 cm³/mol. The van der Waals surface area contributed by atoms with Crippen LogP contribution in [0.25, 0.3) is 0 Å². The summed E-state index contributed by atoms with van der Waals surface area (Å²) in [4.78, 5) is 40.9. The number of esters is 2. The van der Waals surface area contributed by atoms with Crippen LogP contribution in [0.1, 0.15) is 81.6 Å². The van der Waals surface area contributed by atoms with Crippen molar-refractivity contribution in [1.82, 2.24) is 0 Å². The third-order valence-electron chi connectivity index (χ3n) is 9.09. The second-order valence-electron chi connectivity index (χ2n) is 15.3. The third kappa shape index (κ3) is 5.97. The maximum atomic E-state index is 13.7. The Labute approximate surface area is 231 Å². The zero-order chi connectivity index (χ0) is 29.1. The minimum Gasteiger partial charge on any atom is -0.519 e. The van der Waals surface area contributed by atoms with Gasteiger partial charge in [0, 0.05) is 0 Å². The van der Waals surface area contributed by atoms with E-state index in [1.54, 1.807) is 0 Å². The molecule has 0 amide bonds. The maximum Gasteiger partial charge on any atom is 0.324 e. The average molecular weight is 547 g/mol. The van der Waals surface area contributed by atoms with E-state index in [2.05, 4.69) is 52.6 Å². The number of carbonyl (C=O) groups excluding carboxylic acids is 3. The molecule has 0 radical (unpaired) electrons. The summed E-state index contributed by atoms with van der Waals surface area (Å²) in [6.07, 6.45) is 7.63. The standard InChI is InChI=1S/C31H50O6Si/c1-13-20-21-15-14-19-17-31(26(33)35-28(2,3)4,27(34)36-29(5,6)7)18-24(19)22(21)16-23(20)25(32)37-38(11,12)30(8,9)10/h13-15,19-24H,1,16-18H2,2-12H3/t19-,20+,21+,22-,23-,24+/m1/s1. The van der Waals surface area contributed by atoms with Crippen LogP contribution in [-0.2, 0) is 28.3 Å². The molecule has 0 aromatic carbocycles. The fourth-order valence-electron chi connectivity index (χ4n) is 6.26. The second-order valence-corrected chi connectivity index (χ2v) is 20.0. The van der Waals surface area contributed by atoms with Gasteiger partial charge in [-0.15, -0.1) is 6.58 Å². The van der Waals surface area contributed by atoms with E-state index < -0.39 is 36.9 Å². The molecule has 0 saturated heterocycles. The number of hydrogen-bond donors (Lipinski definition) is 0. The maximum absolute atomic E-state index is 13.7. The lowest BCUT2D eigenvalue weighted by atomic mass is 9.71. The van der Waals surface area contributed by atoms with Crippen LogP contribution in [0.4, 0.5) is 0 Å². The van der Waals surface area contributed by atoms with Crippen molar-refractivity contribution in [2.45, 2.75) is 111 Å². The SMILES string of the molecule is C=C[C@H]1[C@@H]2C=C[C@@H]3CC(C(=O)OC(C)(C)C)(C(=O)OC(C)(C)C)C[C@@H]3[C@@H]2C[C@H]1C(=O)O[Si](C)(C)C(C)(C)C. The Morgan fingerprint density at radius 1 is 0.868 bits per heavy atom. The highest BCUT2D eigenvalue weighted by Gasteiger charge is 2.63. The van der Waals surface area contributed by atoms with E-state index in [9.17, 15) is 14.4 Å². The first-order valence-electron chi connectivity index (χ1n) is 14.1. The molecule has 3 rings (SSSR count). The van der Waals surface area contributed by atoms with Crippen molar-refractivity contribution in [3.8, 4) is 0 Å². The number of allylic oxidation sites excluding steroid dienone is 3. The van der Waals surface area contributed by atoms with Gasteiger partial charge in [-0.05, 0) is 109 Å². The summed E-state index contributed by atoms with van der Waals surface area (Å²) in [7, 11) is -2.28. The normalized spacial score (nSPS) is 30.7. The number of ether oxygens (including phenoxy) is 2. The molecule has 3 aliphatic rings. The molecule has 0 aromatic rings. The molecule has 214 valence electrons. The molecule has 2 saturated carbocycles. The zero-order valence-electron chi connectivity index (χ0n) is 25.5. The molecular formula is C31H50O6Si. The molecule has 3 aliphatic carbocycles. The summed E-state index contributed by atoms with van der Waals surface area (Å²) >= 11 is 0. The van der Waals surface area contributed by atoms with Gasteiger partial charge in [-0.1, -0.05) is 39.0 Å². The van der Waals surface area contributed by atoms with Gasteiger partial charge in [0.15, 0.2) is 5.41 Å². The summed E-state index contributed by atoms with van der Waals surface area (Å²) < 4.78 is 17.9. The van der Waals surface area contributed by atoms with Crippen LogP contribution in [0.2, 0.25) is 18.1 Å². The number of rotatable bonds is 5. The average Bonchev–Trinajstić information content (AvgIpc) is 3.29. The third-order valence-corrected chi connectivity index (χ3v) is 13.4. The highest BCUT2D eigenvalue weighted by Crippen LogP contribution is 2.60. The Morgan fingerprint density at radius 2 is 1.39 bits per heavy atom. The molecule has 0 aliphatic heterocycles. The molecule has 0 spiro atoms. The molecule has 0 aromatic heterocycles. The van der Waals surface area contributed by atoms with Gasteiger partial charge in [-0.25, -0.2) is 0 Å². The summed E-state index contributed by atoms with van der Waals surface area (Å²) in [6.45, 7) is 25.6. The summed E-state index contributed by atoms with van der Waals surface area (Å²) in [6, 6.07) is 0. The minimum atomic E-state index is -2.28. The Morgan fingerprint density at radius 3 is 1.84 bits per heavy atom. The van der Waals surface area contributed by atoms with Gasteiger partial charge in [0.2, 0.25) is 0 Å². The predicted octanol–water partition coefficient (Wildman–Crippen LogP) is 6.86. The van der Waals surface area contributed by atoms with Gasteiger partial charge in [-0.3, -0.25) is 14.4 Å². The van der Waals surface area contributed by atoms with Gasteiger partial charge in [0.1, 0.15) is 11.2 Å². The number of hydrogen-bond acceptors (Lipinski definition) is 6. The number of carbonyl (C=O) groups is 3. The first-order chi connectivity index (χ1) is 17.1. The lowest BCUT2D eigenvalue weighted by Gasteiger charge is -2.36. The molecule has 6 atom stereocenters. The summed E-state index contributed by atoms with van der Waals surface area (Å²) in [5.41, 5.74) is -2.81. The fraction of sp³-hybridized carbons (Fsp3) is 0.774. The molecular weight excluding hydrogens is 496 g/mol. The topological polar surface area (TPSA) is 78.9 Å². The Bertz CT molecular complexity index is 961. The van der Waals surface area contributed by atoms with Crippen LogP contribution < -0.4 is 0 Å². The molecule has 0 unspecified atom stereocenters. The first-order valence-corrected chi connectivity index (χ1v) is 17.0. The molecule has 0 heterocycles. The molecule has 0 bridgehead atoms. The molecule has 6 nitrogen and oxygen atoms in total. The van der Waals surface area contributed by atoms with E-state index in [1.807, 2.05) is 47.6 Å². The van der Waals surface area contributed by atoms with Crippen LogP contribution in [0.5, 0.6) is 0 Å². The molecule has 0 N–H and O–H groups in total. The van der Waals surface area contributed by atoms with Crippen molar-refractivity contribution >= 4 is 26.2 Å². The highest BCUT2D eigenvalue weighted by atomic mass is 28.4. The van der Waals surface area contributed by atoms with Crippen molar-refractivity contribution in [3.05, 3.63) is 24.8 Å².